The molecule has 60 valence electrons. The van der Waals surface area contributed by atoms with Gasteiger partial charge in [0.05, 0.1) is 0 Å². The molecule has 0 aliphatic heterocycles. The Hall–Kier alpha value is -0.890. The van der Waals surface area contributed by atoms with Crippen LogP contribution in [0.3, 0.4) is 0 Å². The Bertz CT molecular complexity index is 226. The lowest BCUT2D eigenvalue weighted by Gasteiger charge is -2.05. The summed E-state index contributed by atoms with van der Waals surface area (Å²) < 4.78 is 0. The van der Waals surface area contributed by atoms with Crippen LogP contribution in [0.5, 0.6) is 0 Å². The lowest BCUT2D eigenvalue weighted by Crippen LogP contribution is -2.12. The monoisotopic (exact) mass is 152 g/mol. The van der Waals surface area contributed by atoms with Crippen LogP contribution in [-0.4, -0.2) is 17.0 Å². The third-order valence-electron chi connectivity index (χ3n) is 2.01. The van der Waals surface area contributed by atoms with E-state index in [1.165, 1.54) is 6.08 Å². The average molecular weight is 152 g/mol. The van der Waals surface area contributed by atoms with Gasteiger partial charge in [-0.1, -0.05) is 11.6 Å². The molecule has 0 bridgehead atoms. The Balaban J connectivity index is 2.91. The molecule has 0 radical (unpaired) electrons. The maximum Gasteiger partial charge on any atom is 0.162 e. The van der Waals surface area contributed by atoms with Crippen LogP contribution in [0, 0.1) is 0 Å². The fourth-order valence-corrected chi connectivity index (χ4v) is 1.34. The Labute approximate surface area is 66.2 Å². The van der Waals surface area contributed by atoms with Gasteiger partial charge in [-0.3, -0.25) is 4.79 Å². The van der Waals surface area contributed by atoms with Gasteiger partial charge in [0.1, 0.15) is 6.10 Å². The molecule has 1 atom stereocenters. The zero-order valence-electron chi connectivity index (χ0n) is 6.63. The standard InChI is InChI=1S/C9H12O2/c1-3-7(10)9-6(2)4-5-8(9)11/h3,7,10H,1,4-5H2,2H3. The molecule has 0 aromatic carbocycles. The third kappa shape index (κ3) is 1.40. The van der Waals surface area contributed by atoms with E-state index in [-0.39, 0.29) is 5.78 Å². The molecule has 0 aromatic rings. The quantitative estimate of drug-likeness (QED) is 0.604. The number of rotatable bonds is 2. The number of hydrogen-bond donors (Lipinski definition) is 1. The van der Waals surface area contributed by atoms with Gasteiger partial charge in [0.25, 0.3) is 0 Å². The molecule has 1 unspecified atom stereocenters. The molecule has 0 spiro atoms. The second-order valence-corrected chi connectivity index (χ2v) is 2.80. The molecule has 1 rings (SSSR count). The SMILES string of the molecule is C=CC(O)C1=C(C)CCC1=O. The van der Waals surface area contributed by atoms with E-state index in [4.69, 9.17) is 0 Å². The van der Waals surface area contributed by atoms with E-state index in [0.29, 0.717) is 12.0 Å². The van der Waals surface area contributed by atoms with Gasteiger partial charge in [-0.15, -0.1) is 6.58 Å². The van der Waals surface area contributed by atoms with E-state index in [1.54, 1.807) is 0 Å². The molecule has 2 nitrogen and oxygen atoms in total. The summed E-state index contributed by atoms with van der Waals surface area (Å²) in [6.45, 7) is 5.32. The van der Waals surface area contributed by atoms with Crippen molar-refractivity contribution in [3.63, 3.8) is 0 Å². The molecule has 11 heavy (non-hydrogen) atoms. The molecule has 2 heteroatoms. The lowest BCUT2D eigenvalue weighted by molar-refractivity contribution is -0.115. The van der Waals surface area contributed by atoms with E-state index in [2.05, 4.69) is 6.58 Å². The summed E-state index contributed by atoms with van der Waals surface area (Å²) in [6.07, 6.45) is 1.97. The van der Waals surface area contributed by atoms with Crippen molar-refractivity contribution in [3.8, 4) is 0 Å². The van der Waals surface area contributed by atoms with Gasteiger partial charge in [0.2, 0.25) is 0 Å². The number of carbonyl (C=O) groups excluding carboxylic acids is 1. The first-order chi connectivity index (χ1) is 5.16. The van der Waals surface area contributed by atoms with E-state index in [0.717, 1.165) is 12.0 Å². The summed E-state index contributed by atoms with van der Waals surface area (Å²) in [7, 11) is 0. The topological polar surface area (TPSA) is 37.3 Å². The average Bonchev–Trinajstić information content (AvgIpc) is 2.30. The summed E-state index contributed by atoms with van der Waals surface area (Å²) in [4.78, 5) is 11.1. The normalized spacial score (nSPS) is 20.7. The van der Waals surface area contributed by atoms with Crippen LogP contribution in [0.1, 0.15) is 19.8 Å². The Morgan fingerprint density at radius 2 is 2.27 bits per heavy atom. The number of ketones is 1. The fraction of sp³-hybridized carbons (Fsp3) is 0.444. The van der Waals surface area contributed by atoms with Crippen LogP contribution in [-0.2, 0) is 4.79 Å². The fourth-order valence-electron chi connectivity index (χ4n) is 1.34. The summed E-state index contributed by atoms with van der Waals surface area (Å²) in [5.74, 6) is 0.0647. The molecular formula is C9H12O2. The molecule has 0 heterocycles. The molecular weight excluding hydrogens is 140 g/mol. The van der Waals surface area contributed by atoms with Gasteiger partial charge in [-0.25, -0.2) is 0 Å². The third-order valence-corrected chi connectivity index (χ3v) is 2.01. The van der Waals surface area contributed by atoms with Crippen molar-refractivity contribution < 1.29 is 9.90 Å². The van der Waals surface area contributed by atoms with Crippen molar-refractivity contribution in [2.45, 2.75) is 25.9 Å². The Morgan fingerprint density at radius 3 is 2.64 bits per heavy atom. The molecule has 1 aliphatic rings. The van der Waals surface area contributed by atoms with Crippen LogP contribution in [0.2, 0.25) is 0 Å². The molecule has 0 saturated heterocycles. The van der Waals surface area contributed by atoms with Crippen LogP contribution in [0.4, 0.5) is 0 Å². The van der Waals surface area contributed by atoms with Crippen molar-refractivity contribution in [3.05, 3.63) is 23.8 Å². The van der Waals surface area contributed by atoms with E-state index in [1.807, 2.05) is 6.92 Å². The van der Waals surface area contributed by atoms with Gasteiger partial charge < -0.3 is 5.11 Å². The predicted octanol–water partition coefficient (Wildman–Crippen LogP) is 1.21. The number of Topliss-reactive ketones (excluding diaryl/α,β-unsaturated/α-hetero) is 1. The first-order valence-corrected chi connectivity index (χ1v) is 3.70. The Morgan fingerprint density at radius 1 is 1.64 bits per heavy atom. The number of aliphatic hydroxyl groups excluding tert-OH is 1. The van der Waals surface area contributed by atoms with Gasteiger partial charge in [-0.05, 0) is 13.3 Å². The highest BCUT2D eigenvalue weighted by Crippen LogP contribution is 2.24. The maximum absolute atomic E-state index is 11.1. The molecule has 0 saturated carbocycles. The zero-order chi connectivity index (χ0) is 8.43. The minimum Gasteiger partial charge on any atom is -0.384 e. The second-order valence-electron chi connectivity index (χ2n) is 2.80. The van der Waals surface area contributed by atoms with Gasteiger partial charge in [-0.2, -0.15) is 0 Å². The molecule has 1 N–H and O–H groups in total. The molecule has 1 aliphatic carbocycles. The second kappa shape index (κ2) is 3.01. The molecule has 0 amide bonds. The summed E-state index contributed by atoms with van der Waals surface area (Å²) >= 11 is 0. The summed E-state index contributed by atoms with van der Waals surface area (Å²) in [6, 6.07) is 0. The van der Waals surface area contributed by atoms with Crippen LogP contribution >= 0.6 is 0 Å². The number of allylic oxidation sites excluding steroid dienone is 1. The number of aliphatic hydroxyl groups is 1. The molecule has 0 aromatic heterocycles. The van der Waals surface area contributed by atoms with E-state index in [9.17, 15) is 9.90 Å². The van der Waals surface area contributed by atoms with Crippen molar-refractivity contribution in [1.29, 1.82) is 0 Å². The summed E-state index contributed by atoms with van der Waals surface area (Å²) in [5, 5.41) is 9.30. The van der Waals surface area contributed by atoms with Gasteiger partial charge in [0, 0.05) is 12.0 Å². The number of carbonyl (C=O) groups is 1. The van der Waals surface area contributed by atoms with Crippen LogP contribution < -0.4 is 0 Å². The lowest BCUT2D eigenvalue weighted by atomic mass is 10.1. The minimum absolute atomic E-state index is 0.0647. The van der Waals surface area contributed by atoms with Gasteiger partial charge >= 0.3 is 0 Å². The van der Waals surface area contributed by atoms with Crippen molar-refractivity contribution >= 4 is 5.78 Å². The molecule has 0 fully saturated rings. The van der Waals surface area contributed by atoms with Crippen molar-refractivity contribution in [2.75, 3.05) is 0 Å². The Kier molecular flexibility index (Phi) is 2.25. The highest BCUT2D eigenvalue weighted by Gasteiger charge is 2.24. The van der Waals surface area contributed by atoms with E-state index < -0.39 is 6.10 Å². The highest BCUT2D eigenvalue weighted by atomic mass is 16.3. The van der Waals surface area contributed by atoms with E-state index >= 15 is 0 Å². The van der Waals surface area contributed by atoms with Crippen LogP contribution in [0.25, 0.3) is 0 Å². The minimum atomic E-state index is -0.759. The predicted molar refractivity (Wildman–Crippen MR) is 43.1 cm³/mol. The maximum atomic E-state index is 11.1. The van der Waals surface area contributed by atoms with Crippen LogP contribution in [0.15, 0.2) is 23.8 Å². The highest BCUT2D eigenvalue weighted by molar-refractivity contribution is 5.99. The smallest absolute Gasteiger partial charge is 0.162 e. The van der Waals surface area contributed by atoms with Gasteiger partial charge in [0.15, 0.2) is 5.78 Å². The zero-order valence-corrected chi connectivity index (χ0v) is 6.63. The largest absolute Gasteiger partial charge is 0.384 e. The first-order valence-electron chi connectivity index (χ1n) is 3.70. The van der Waals surface area contributed by atoms with Crippen molar-refractivity contribution in [1.82, 2.24) is 0 Å². The first kappa shape index (κ1) is 8.21. The number of hydrogen-bond acceptors (Lipinski definition) is 2. The summed E-state index contributed by atoms with van der Waals surface area (Å²) in [5.41, 5.74) is 1.56. The van der Waals surface area contributed by atoms with Crippen molar-refractivity contribution in [2.24, 2.45) is 0 Å².